The van der Waals surface area contributed by atoms with Gasteiger partial charge in [0.05, 0.1) is 16.7 Å². The minimum Gasteiger partial charge on any atom is -0.319 e. The smallest absolute Gasteiger partial charge is 0.260 e. The van der Waals surface area contributed by atoms with Crippen LogP contribution >= 0.6 is 0 Å². The summed E-state index contributed by atoms with van der Waals surface area (Å²) in [6, 6.07) is 24.1. The fourth-order valence-electron chi connectivity index (χ4n) is 3.81. The van der Waals surface area contributed by atoms with E-state index in [1.165, 1.54) is 0 Å². The summed E-state index contributed by atoms with van der Waals surface area (Å²) in [5, 5.41) is 4.48. The zero-order chi connectivity index (χ0) is 19.1. The SMILES string of the molecule is Cc1nc2ccccc2n1CC(=O)NN=C1c2ccccc2-c2ccccc21. The molecule has 5 heteroatoms. The maximum Gasteiger partial charge on any atom is 0.260 e. The minimum absolute atomic E-state index is 0.173. The Bertz CT molecular complexity index is 1200. The Morgan fingerprint density at radius 2 is 1.46 bits per heavy atom. The van der Waals surface area contributed by atoms with Crippen LogP contribution in [0.5, 0.6) is 0 Å². The van der Waals surface area contributed by atoms with Gasteiger partial charge in [0.2, 0.25) is 0 Å². The first-order valence-electron chi connectivity index (χ1n) is 9.20. The van der Waals surface area contributed by atoms with Crippen molar-refractivity contribution in [2.75, 3.05) is 0 Å². The van der Waals surface area contributed by atoms with Crippen molar-refractivity contribution in [1.29, 1.82) is 0 Å². The van der Waals surface area contributed by atoms with Gasteiger partial charge < -0.3 is 4.57 Å². The Kier molecular flexibility index (Phi) is 3.79. The standard InChI is InChI=1S/C23H18N4O/c1-15-24-20-12-6-7-13-21(20)27(15)14-22(28)25-26-23-18-10-4-2-8-16(18)17-9-3-5-11-19(17)23/h2-13H,14H2,1H3,(H,25,28). The van der Waals surface area contributed by atoms with E-state index in [1.54, 1.807) is 0 Å². The van der Waals surface area contributed by atoms with Gasteiger partial charge in [-0.05, 0) is 30.2 Å². The molecule has 0 radical (unpaired) electrons. The average Bonchev–Trinajstić information content (AvgIpc) is 3.21. The molecule has 1 amide bonds. The number of amides is 1. The summed E-state index contributed by atoms with van der Waals surface area (Å²) in [6.07, 6.45) is 0. The van der Waals surface area contributed by atoms with Gasteiger partial charge in [-0.2, -0.15) is 5.10 Å². The highest BCUT2D eigenvalue weighted by molar-refractivity contribution is 6.24. The van der Waals surface area contributed by atoms with Crippen LogP contribution in [-0.2, 0) is 11.3 Å². The van der Waals surface area contributed by atoms with Crippen molar-refractivity contribution >= 4 is 22.7 Å². The van der Waals surface area contributed by atoms with Crippen molar-refractivity contribution in [1.82, 2.24) is 15.0 Å². The number of hydrazone groups is 1. The van der Waals surface area contributed by atoms with Gasteiger partial charge in [-0.15, -0.1) is 0 Å². The van der Waals surface area contributed by atoms with E-state index in [2.05, 4.69) is 27.6 Å². The number of carbonyl (C=O) groups excluding carboxylic acids is 1. The number of nitrogens with one attached hydrogen (secondary N) is 1. The summed E-state index contributed by atoms with van der Waals surface area (Å²) < 4.78 is 1.90. The highest BCUT2D eigenvalue weighted by atomic mass is 16.2. The van der Waals surface area contributed by atoms with Crippen molar-refractivity contribution in [3.05, 3.63) is 89.7 Å². The summed E-state index contributed by atoms with van der Waals surface area (Å²) >= 11 is 0. The third-order valence-corrected chi connectivity index (χ3v) is 5.09. The predicted octanol–water partition coefficient (Wildman–Crippen LogP) is 3.89. The van der Waals surface area contributed by atoms with Crippen molar-refractivity contribution in [3.8, 4) is 11.1 Å². The second-order valence-electron chi connectivity index (χ2n) is 6.82. The number of benzene rings is 3. The van der Waals surface area contributed by atoms with Gasteiger partial charge in [-0.1, -0.05) is 60.7 Å². The summed E-state index contributed by atoms with van der Waals surface area (Å²) in [7, 11) is 0. The third-order valence-electron chi connectivity index (χ3n) is 5.09. The van der Waals surface area contributed by atoms with Gasteiger partial charge >= 0.3 is 0 Å². The first kappa shape index (κ1) is 16.4. The second-order valence-corrected chi connectivity index (χ2v) is 6.82. The quantitative estimate of drug-likeness (QED) is 0.493. The largest absolute Gasteiger partial charge is 0.319 e. The zero-order valence-electron chi connectivity index (χ0n) is 15.4. The fraction of sp³-hybridized carbons (Fsp3) is 0.0870. The molecule has 1 N–H and O–H groups in total. The average molecular weight is 366 g/mol. The molecule has 5 nitrogen and oxygen atoms in total. The molecular formula is C23H18N4O. The molecule has 0 fully saturated rings. The van der Waals surface area contributed by atoms with Crippen molar-refractivity contribution < 1.29 is 4.79 Å². The fourth-order valence-corrected chi connectivity index (χ4v) is 3.81. The molecule has 0 aliphatic heterocycles. The molecule has 1 aliphatic rings. The van der Waals surface area contributed by atoms with E-state index in [4.69, 9.17) is 0 Å². The number of aryl methyl sites for hydroxylation is 1. The van der Waals surface area contributed by atoms with Crippen LogP contribution in [0.4, 0.5) is 0 Å². The number of hydrogen-bond donors (Lipinski definition) is 1. The van der Waals surface area contributed by atoms with Crippen molar-refractivity contribution in [2.24, 2.45) is 5.10 Å². The summed E-state index contributed by atoms with van der Waals surface area (Å²) in [4.78, 5) is 17.1. The highest BCUT2D eigenvalue weighted by Crippen LogP contribution is 2.36. The number of imidazole rings is 1. The van der Waals surface area contributed by atoms with Crippen LogP contribution in [0.2, 0.25) is 0 Å². The number of rotatable bonds is 3. The molecule has 28 heavy (non-hydrogen) atoms. The van der Waals surface area contributed by atoms with Gasteiger partial charge in [-0.25, -0.2) is 10.4 Å². The molecule has 0 bridgehead atoms. The van der Waals surface area contributed by atoms with Crippen LogP contribution in [0.3, 0.4) is 0 Å². The second kappa shape index (κ2) is 6.46. The number of hydrogen-bond acceptors (Lipinski definition) is 3. The molecule has 5 rings (SSSR count). The number of nitrogens with zero attached hydrogens (tertiary/aromatic N) is 3. The summed E-state index contributed by atoms with van der Waals surface area (Å²) in [5.41, 5.74) is 9.72. The van der Waals surface area contributed by atoms with Gasteiger partial charge in [0.15, 0.2) is 0 Å². The number of aromatic nitrogens is 2. The highest BCUT2D eigenvalue weighted by Gasteiger charge is 2.24. The molecular weight excluding hydrogens is 348 g/mol. The zero-order valence-corrected chi connectivity index (χ0v) is 15.4. The first-order chi connectivity index (χ1) is 13.7. The lowest BCUT2D eigenvalue weighted by molar-refractivity contribution is -0.121. The van der Waals surface area contributed by atoms with Gasteiger partial charge in [0, 0.05) is 11.1 Å². The molecule has 0 spiro atoms. The van der Waals surface area contributed by atoms with E-state index in [-0.39, 0.29) is 12.5 Å². The van der Waals surface area contributed by atoms with E-state index < -0.39 is 0 Å². The molecule has 4 aromatic rings. The lowest BCUT2D eigenvalue weighted by atomic mass is 10.1. The molecule has 1 aliphatic carbocycles. The molecule has 0 unspecified atom stereocenters. The Balaban J connectivity index is 1.45. The predicted molar refractivity (Wildman–Crippen MR) is 110 cm³/mol. The van der Waals surface area contributed by atoms with Gasteiger partial charge in [0.25, 0.3) is 5.91 Å². The van der Waals surface area contributed by atoms with Crippen LogP contribution in [0, 0.1) is 6.92 Å². The van der Waals surface area contributed by atoms with E-state index in [1.807, 2.05) is 72.2 Å². The van der Waals surface area contributed by atoms with Crippen LogP contribution in [0.15, 0.2) is 77.9 Å². The molecule has 136 valence electrons. The topological polar surface area (TPSA) is 59.3 Å². The molecule has 0 atom stereocenters. The Morgan fingerprint density at radius 1 is 0.893 bits per heavy atom. The number of carbonyl (C=O) groups is 1. The molecule has 1 heterocycles. The Morgan fingerprint density at radius 3 is 2.14 bits per heavy atom. The van der Waals surface area contributed by atoms with Crippen LogP contribution in [-0.4, -0.2) is 21.2 Å². The van der Waals surface area contributed by atoms with Gasteiger partial charge in [-0.3, -0.25) is 4.79 Å². The van der Waals surface area contributed by atoms with Gasteiger partial charge in [0.1, 0.15) is 12.4 Å². The Labute approximate surface area is 162 Å². The molecule has 0 saturated heterocycles. The minimum atomic E-state index is -0.180. The van der Waals surface area contributed by atoms with Crippen LogP contribution in [0.25, 0.3) is 22.2 Å². The maximum atomic E-state index is 12.6. The molecule has 0 saturated carbocycles. The number of fused-ring (bicyclic) bond motifs is 4. The monoisotopic (exact) mass is 366 g/mol. The normalized spacial score (nSPS) is 12.0. The summed E-state index contributed by atoms with van der Waals surface area (Å²) in [5.74, 6) is 0.626. The lowest BCUT2D eigenvalue weighted by Crippen LogP contribution is -2.25. The van der Waals surface area contributed by atoms with E-state index in [9.17, 15) is 4.79 Å². The van der Waals surface area contributed by atoms with Crippen molar-refractivity contribution in [2.45, 2.75) is 13.5 Å². The van der Waals surface area contributed by atoms with Crippen molar-refractivity contribution in [3.63, 3.8) is 0 Å². The molecule has 1 aromatic heterocycles. The maximum absolute atomic E-state index is 12.6. The van der Waals surface area contributed by atoms with E-state index in [0.29, 0.717) is 0 Å². The van der Waals surface area contributed by atoms with Crippen LogP contribution in [0.1, 0.15) is 17.0 Å². The Hall–Kier alpha value is -3.73. The molecule has 3 aromatic carbocycles. The van der Waals surface area contributed by atoms with Crippen LogP contribution < -0.4 is 5.43 Å². The third kappa shape index (κ3) is 2.60. The first-order valence-corrected chi connectivity index (χ1v) is 9.20. The lowest BCUT2D eigenvalue weighted by Gasteiger charge is -2.07. The summed E-state index contributed by atoms with van der Waals surface area (Å²) in [6.45, 7) is 2.08. The number of para-hydroxylation sites is 2. The van der Waals surface area contributed by atoms with E-state index >= 15 is 0 Å². The van der Waals surface area contributed by atoms with E-state index in [0.717, 1.165) is 44.8 Å².